The van der Waals surface area contributed by atoms with Gasteiger partial charge >= 0.3 is 0 Å². The quantitative estimate of drug-likeness (QED) is 0.449. The SMILES string of the molecule is COc1ccc(NC(N)=NCC2(C)CCC2)cc1OC.I. The number of nitrogens with two attached hydrogens (primary N) is 1. The molecule has 0 radical (unpaired) electrons. The van der Waals surface area contributed by atoms with Crippen molar-refractivity contribution in [2.75, 3.05) is 26.1 Å². The minimum Gasteiger partial charge on any atom is -0.493 e. The molecule has 0 saturated heterocycles. The van der Waals surface area contributed by atoms with E-state index in [4.69, 9.17) is 15.2 Å². The van der Waals surface area contributed by atoms with Gasteiger partial charge in [0.1, 0.15) is 0 Å². The summed E-state index contributed by atoms with van der Waals surface area (Å²) in [4.78, 5) is 4.42. The van der Waals surface area contributed by atoms with Crippen LogP contribution in [-0.4, -0.2) is 26.7 Å². The molecular weight excluding hydrogens is 381 g/mol. The Morgan fingerprint density at radius 3 is 2.48 bits per heavy atom. The topological polar surface area (TPSA) is 68.9 Å². The molecular formula is C15H24IN3O2. The molecule has 0 amide bonds. The zero-order chi connectivity index (χ0) is 14.6. The summed E-state index contributed by atoms with van der Waals surface area (Å²) in [6.07, 6.45) is 3.77. The van der Waals surface area contributed by atoms with Gasteiger partial charge in [0.15, 0.2) is 17.5 Å². The van der Waals surface area contributed by atoms with Crippen molar-refractivity contribution in [2.24, 2.45) is 16.1 Å². The van der Waals surface area contributed by atoms with E-state index in [-0.39, 0.29) is 24.0 Å². The molecule has 0 spiro atoms. The molecule has 1 aliphatic rings. The van der Waals surface area contributed by atoms with E-state index in [1.807, 2.05) is 18.2 Å². The molecule has 0 aromatic heterocycles. The maximum absolute atomic E-state index is 5.92. The molecule has 0 heterocycles. The molecule has 0 atom stereocenters. The van der Waals surface area contributed by atoms with Gasteiger partial charge in [0, 0.05) is 18.3 Å². The van der Waals surface area contributed by atoms with Crippen LogP contribution in [0.5, 0.6) is 11.5 Å². The zero-order valence-corrected chi connectivity index (χ0v) is 15.1. The number of benzene rings is 1. The largest absolute Gasteiger partial charge is 0.493 e. The molecule has 1 aromatic rings. The molecule has 21 heavy (non-hydrogen) atoms. The third kappa shape index (κ3) is 4.66. The lowest BCUT2D eigenvalue weighted by Gasteiger charge is -2.36. The number of nitrogens with zero attached hydrogens (tertiary/aromatic N) is 1. The smallest absolute Gasteiger partial charge is 0.193 e. The van der Waals surface area contributed by atoms with Crippen molar-refractivity contribution in [3.63, 3.8) is 0 Å². The van der Waals surface area contributed by atoms with Crippen molar-refractivity contribution < 1.29 is 9.47 Å². The summed E-state index contributed by atoms with van der Waals surface area (Å²) >= 11 is 0. The number of guanidine groups is 1. The first-order valence-corrected chi connectivity index (χ1v) is 6.85. The van der Waals surface area contributed by atoms with Gasteiger partial charge in [-0.05, 0) is 30.4 Å². The van der Waals surface area contributed by atoms with Crippen LogP contribution in [0, 0.1) is 5.41 Å². The van der Waals surface area contributed by atoms with Gasteiger partial charge < -0.3 is 20.5 Å². The Morgan fingerprint density at radius 2 is 1.95 bits per heavy atom. The van der Waals surface area contributed by atoms with E-state index in [9.17, 15) is 0 Å². The van der Waals surface area contributed by atoms with Crippen molar-refractivity contribution in [1.82, 2.24) is 0 Å². The van der Waals surface area contributed by atoms with Crippen molar-refractivity contribution in [1.29, 1.82) is 0 Å². The maximum atomic E-state index is 5.92. The van der Waals surface area contributed by atoms with Crippen LogP contribution in [0.1, 0.15) is 26.2 Å². The molecule has 2 rings (SSSR count). The highest BCUT2D eigenvalue weighted by molar-refractivity contribution is 14.0. The number of halogens is 1. The zero-order valence-electron chi connectivity index (χ0n) is 12.8. The first-order valence-electron chi connectivity index (χ1n) is 6.85. The van der Waals surface area contributed by atoms with E-state index >= 15 is 0 Å². The number of nitrogens with one attached hydrogen (secondary N) is 1. The van der Waals surface area contributed by atoms with E-state index in [0.29, 0.717) is 22.9 Å². The van der Waals surface area contributed by atoms with Crippen molar-refractivity contribution in [2.45, 2.75) is 26.2 Å². The molecule has 1 fully saturated rings. The molecule has 0 unspecified atom stereocenters. The molecule has 1 saturated carbocycles. The van der Waals surface area contributed by atoms with E-state index in [2.05, 4.69) is 17.2 Å². The van der Waals surface area contributed by atoms with Crippen LogP contribution in [0.2, 0.25) is 0 Å². The second-order valence-electron chi connectivity index (χ2n) is 5.56. The lowest BCUT2D eigenvalue weighted by atomic mass is 9.71. The first-order chi connectivity index (χ1) is 9.56. The lowest BCUT2D eigenvalue weighted by Crippen LogP contribution is -2.31. The highest BCUT2D eigenvalue weighted by Crippen LogP contribution is 2.40. The van der Waals surface area contributed by atoms with E-state index in [1.165, 1.54) is 19.3 Å². The first kappa shape index (κ1) is 17.9. The fourth-order valence-electron chi connectivity index (χ4n) is 2.32. The van der Waals surface area contributed by atoms with Gasteiger partial charge in [0.2, 0.25) is 0 Å². The van der Waals surface area contributed by atoms with Gasteiger partial charge in [-0.2, -0.15) is 0 Å². The molecule has 6 heteroatoms. The van der Waals surface area contributed by atoms with Gasteiger partial charge in [-0.15, -0.1) is 24.0 Å². The Hall–Kier alpha value is -1.18. The fourth-order valence-corrected chi connectivity index (χ4v) is 2.32. The standard InChI is InChI=1S/C15H23N3O2.HI/c1-15(7-4-8-15)10-17-14(16)18-11-5-6-12(19-2)13(9-11)20-3;/h5-6,9H,4,7-8,10H2,1-3H3,(H3,16,17,18);1H. The van der Waals surface area contributed by atoms with Gasteiger partial charge in [-0.1, -0.05) is 13.3 Å². The minimum atomic E-state index is 0. The average molecular weight is 405 g/mol. The van der Waals surface area contributed by atoms with Crippen LogP contribution < -0.4 is 20.5 Å². The minimum absolute atomic E-state index is 0. The average Bonchev–Trinajstić information content (AvgIpc) is 2.43. The third-order valence-corrected chi connectivity index (χ3v) is 3.85. The monoisotopic (exact) mass is 405 g/mol. The second kappa shape index (κ2) is 7.72. The van der Waals surface area contributed by atoms with Gasteiger partial charge in [0.05, 0.1) is 14.2 Å². The molecule has 0 bridgehead atoms. The van der Waals surface area contributed by atoms with Crippen LogP contribution in [0.3, 0.4) is 0 Å². The fraction of sp³-hybridized carbons (Fsp3) is 0.533. The van der Waals surface area contributed by atoms with Gasteiger partial charge in [0.25, 0.3) is 0 Å². The number of hydrogen-bond donors (Lipinski definition) is 2. The lowest BCUT2D eigenvalue weighted by molar-refractivity contribution is 0.174. The van der Waals surface area contributed by atoms with Crippen LogP contribution in [0.15, 0.2) is 23.2 Å². The Morgan fingerprint density at radius 1 is 1.29 bits per heavy atom. The maximum Gasteiger partial charge on any atom is 0.193 e. The van der Waals surface area contributed by atoms with Crippen LogP contribution in [-0.2, 0) is 0 Å². The van der Waals surface area contributed by atoms with Crippen molar-refractivity contribution >= 4 is 35.6 Å². The summed E-state index contributed by atoms with van der Waals surface area (Å²) < 4.78 is 10.4. The van der Waals surface area contributed by atoms with E-state index in [0.717, 1.165) is 12.2 Å². The molecule has 118 valence electrons. The summed E-state index contributed by atoms with van der Waals surface area (Å²) in [7, 11) is 3.22. The number of anilines is 1. The predicted octanol–water partition coefficient (Wildman–Crippen LogP) is 3.24. The molecule has 1 aromatic carbocycles. The Balaban J connectivity index is 0.00000220. The van der Waals surface area contributed by atoms with E-state index in [1.54, 1.807) is 14.2 Å². The number of aliphatic imine (C=N–C) groups is 1. The van der Waals surface area contributed by atoms with Crippen LogP contribution in [0.4, 0.5) is 5.69 Å². The summed E-state index contributed by atoms with van der Waals surface area (Å²) in [6.45, 7) is 3.03. The highest BCUT2D eigenvalue weighted by atomic mass is 127. The number of hydrogen-bond acceptors (Lipinski definition) is 3. The predicted molar refractivity (Wildman–Crippen MR) is 97.0 cm³/mol. The Labute approximate surface area is 143 Å². The van der Waals surface area contributed by atoms with Crippen LogP contribution in [0.25, 0.3) is 0 Å². The third-order valence-electron chi connectivity index (χ3n) is 3.85. The molecule has 0 aliphatic heterocycles. The number of methoxy groups -OCH3 is 2. The number of rotatable bonds is 5. The normalized spacial score (nSPS) is 16.4. The van der Waals surface area contributed by atoms with Gasteiger partial charge in [-0.3, -0.25) is 4.99 Å². The molecule has 3 N–H and O–H groups in total. The Kier molecular flexibility index (Phi) is 6.57. The molecule has 5 nitrogen and oxygen atoms in total. The van der Waals surface area contributed by atoms with E-state index < -0.39 is 0 Å². The summed E-state index contributed by atoms with van der Waals surface area (Å²) in [5.41, 5.74) is 7.09. The second-order valence-corrected chi connectivity index (χ2v) is 5.56. The number of ether oxygens (including phenoxy) is 2. The summed E-state index contributed by atoms with van der Waals surface area (Å²) in [5.74, 6) is 1.79. The van der Waals surface area contributed by atoms with Gasteiger partial charge in [-0.25, -0.2) is 0 Å². The Bertz CT molecular complexity index is 502. The molecule has 1 aliphatic carbocycles. The van der Waals surface area contributed by atoms with Crippen molar-refractivity contribution in [3.05, 3.63) is 18.2 Å². The summed E-state index contributed by atoms with van der Waals surface area (Å²) in [6, 6.07) is 5.56. The van der Waals surface area contributed by atoms with Crippen molar-refractivity contribution in [3.8, 4) is 11.5 Å². The highest BCUT2D eigenvalue weighted by Gasteiger charge is 2.31. The van der Waals surface area contributed by atoms with Crippen LogP contribution >= 0.6 is 24.0 Å². The summed E-state index contributed by atoms with van der Waals surface area (Å²) in [5, 5.41) is 3.08.